The highest BCUT2D eigenvalue weighted by Crippen LogP contribution is 2.42. The molecule has 188 valence electrons. The van der Waals surface area contributed by atoms with Crippen LogP contribution in [0.4, 0.5) is 14.7 Å². The number of halogens is 2. The Labute approximate surface area is 207 Å². The van der Waals surface area contributed by atoms with Crippen LogP contribution in [0, 0.1) is 5.92 Å². The SMILES string of the molecule is CN1CCC(CNc2ncc3c(n2)C2N[C@H]2C=C3c2ccc3ncc(C(=O)NCC(F)F)n3c2)CC1. The van der Waals surface area contributed by atoms with Crippen molar-refractivity contribution in [1.29, 1.82) is 0 Å². The van der Waals surface area contributed by atoms with E-state index in [4.69, 9.17) is 4.98 Å². The number of piperidine rings is 1. The van der Waals surface area contributed by atoms with Gasteiger partial charge < -0.3 is 15.5 Å². The first-order chi connectivity index (χ1) is 17.5. The van der Waals surface area contributed by atoms with E-state index in [0.29, 0.717) is 17.5 Å². The average Bonchev–Trinajstić information content (AvgIpc) is 3.56. The molecule has 3 aromatic heterocycles. The summed E-state index contributed by atoms with van der Waals surface area (Å²) < 4.78 is 26.7. The molecule has 6 rings (SSSR count). The molecular weight excluding hydrogens is 466 g/mol. The van der Waals surface area contributed by atoms with E-state index < -0.39 is 18.9 Å². The third-order valence-corrected chi connectivity index (χ3v) is 7.22. The van der Waals surface area contributed by atoms with Crippen molar-refractivity contribution in [3.8, 4) is 0 Å². The minimum Gasteiger partial charge on any atom is -0.354 e. The number of alkyl halides is 2. The second-order valence-electron chi connectivity index (χ2n) is 9.76. The Morgan fingerprint density at radius 3 is 2.86 bits per heavy atom. The van der Waals surface area contributed by atoms with Gasteiger partial charge in [-0.15, -0.1) is 0 Å². The van der Waals surface area contributed by atoms with E-state index in [9.17, 15) is 13.6 Å². The highest BCUT2D eigenvalue weighted by molar-refractivity contribution is 5.93. The number of amides is 1. The summed E-state index contributed by atoms with van der Waals surface area (Å²) in [4.78, 5) is 28.5. The van der Waals surface area contributed by atoms with Gasteiger partial charge in [0.2, 0.25) is 5.95 Å². The van der Waals surface area contributed by atoms with E-state index in [-0.39, 0.29) is 17.8 Å². The molecule has 3 aliphatic rings. The molecule has 2 atom stereocenters. The van der Waals surface area contributed by atoms with Crippen molar-refractivity contribution in [2.75, 3.05) is 38.5 Å². The number of likely N-dealkylation sites (tertiary alicyclic amines) is 1. The summed E-state index contributed by atoms with van der Waals surface area (Å²) in [5, 5.41) is 9.14. The zero-order valence-electron chi connectivity index (χ0n) is 19.9. The number of carbonyl (C=O) groups excluding carboxylic acids is 1. The molecule has 11 heteroatoms. The molecule has 0 radical (unpaired) electrons. The zero-order chi connectivity index (χ0) is 24.8. The lowest BCUT2D eigenvalue weighted by atomic mass is 9.91. The molecule has 2 saturated heterocycles. The number of nitrogens with zero attached hydrogens (tertiary/aromatic N) is 5. The van der Waals surface area contributed by atoms with Crippen LogP contribution >= 0.6 is 0 Å². The maximum atomic E-state index is 12.6. The van der Waals surface area contributed by atoms with Crippen LogP contribution in [0.5, 0.6) is 0 Å². The monoisotopic (exact) mass is 494 g/mol. The van der Waals surface area contributed by atoms with E-state index in [2.05, 4.69) is 43.9 Å². The summed E-state index contributed by atoms with van der Waals surface area (Å²) in [5.74, 6) is 0.673. The molecule has 1 amide bonds. The van der Waals surface area contributed by atoms with Crippen LogP contribution in [0.2, 0.25) is 0 Å². The van der Waals surface area contributed by atoms with Gasteiger partial charge in [-0.2, -0.15) is 0 Å². The number of nitrogens with one attached hydrogen (secondary N) is 3. The molecular formula is C25H28F2N8O. The minimum absolute atomic E-state index is 0.170. The standard InChI is InChI=1S/C25H28F2N8O/c1-34-6-4-14(5-7-34)9-30-25-31-10-17-16(8-18-23(32-18)22(17)33-25)15-2-3-21-28-11-19(35(21)13-15)24(36)29-12-20(26)27/h2-3,8,10-11,13-14,18,20,23,32H,4-7,9,12H2,1H3,(H,29,36)(H,30,31,33)/t18-,23?/m0/s1. The number of imidazole rings is 1. The summed E-state index contributed by atoms with van der Waals surface area (Å²) in [7, 11) is 2.16. The number of rotatable bonds is 7. The lowest BCUT2D eigenvalue weighted by Crippen LogP contribution is -2.33. The molecule has 1 aliphatic carbocycles. The molecule has 36 heavy (non-hydrogen) atoms. The van der Waals surface area contributed by atoms with Crippen molar-refractivity contribution in [1.82, 2.24) is 34.9 Å². The van der Waals surface area contributed by atoms with Crippen LogP contribution in [0.3, 0.4) is 0 Å². The number of anilines is 1. The van der Waals surface area contributed by atoms with E-state index >= 15 is 0 Å². The third-order valence-electron chi connectivity index (χ3n) is 7.22. The molecule has 1 unspecified atom stereocenters. The Bertz CT molecular complexity index is 1330. The smallest absolute Gasteiger partial charge is 0.270 e. The Morgan fingerprint density at radius 2 is 2.06 bits per heavy atom. The molecule has 2 fully saturated rings. The zero-order valence-corrected chi connectivity index (χ0v) is 19.9. The van der Waals surface area contributed by atoms with Crippen molar-refractivity contribution in [3.05, 3.63) is 59.3 Å². The number of hydrogen-bond acceptors (Lipinski definition) is 7. The number of fused-ring (bicyclic) bond motifs is 4. The molecule has 0 bridgehead atoms. The fourth-order valence-corrected chi connectivity index (χ4v) is 5.06. The number of carbonyl (C=O) groups is 1. The first kappa shape index (κ1) is 23.0. The summed E-state index contributed by atoms with van der Waals surface area (Å²) in [6, 6.07) is 4.11. The third kappa shape index (κ3) is 4.44. The Kier molecular flexibility index (Phi) is 5.88. The summed E-state index contributed by atoms with van der Waals surface area (Å²) in [6.45, 7) is 2.40. The van der Waals surface area contributed by atoms with E-state index in [1.54, 1.807) is 4.40 Å². The van der Waals surface area contributed by atoms with E-state index in [0.717, 1.165) is 42.0 Å². The van der Waals surface area contributed by atoms with Gasteiger partial charge in [-0.3, -0.25) is 14.5 Å². The minimum atomic E-state index is -2.62. The highest BCUT2D eigenvalue weighted by atomic mass is 19.3. The largest absolute Gasteiger partial charge is 0.354 e. The van der Waals surface area contributed by atoms with Gasteiger partial charge >= 0.3 is 0 Å². The Hall–Kier alpha value is -3.44. The van der Waals surface area contributed by atoms with Crippen LogP contribution < -0.4 is 16.0 Å². The summed E-state index contributed by atoms with van der Waals surface area (Å²) in [6.07, 6.45) is 6.94. The van der Waals surface area contributed by atoms with Crippen LogP contribution in [0.1, 0.15) is 46.2 Å². The second kappa shape index (κ2) is 9.21. The van der Waals surface area contributed by atoms with Gasteiger partial charge in [0.05, 0.1) is 24.5 Å². The van der Waals surface area contributed by atoms with Gasteiger partial charge in [0.1, 0.15) is 11.3 Å². The van der Waals surface area contributed by atoms with Gasteiger partial charge in [0, 0.05) is 30.5 Å². The lowest BCUT2D eigenvalue weighted by molar-refractivity contribution is 0.0886. The van der Waals surface area contributed by atoms with Crippen molar-refractivity contribution in [2.45, 2.75) is 31.4 Å². The predicted octanol–water partition coefficient (Wildman–Crippen LogP) is 2.33. The fourth-order valence-electron chi connectivity index (χ4n) is 5.06. The van der Waals surface area contributed by atoms with Crippen LogP contribution in [-0.4, -0.2) is 75.9 Å². The van der Waals surface area contributed by atoms with E-state index in [1.807, 2.05) is 24.5 Å². The molecule has 9 nitrogen and oxygen atoms in total. The molecule has 0 spiro atoms. The first-order valence-corrected chi connectivity index (χ1v) is 12.3. The van der Waals surface area contributed by atoms with Crippen molar-refractivity contribution < 1.29 is 13.6 Å². The molecule has 0 aromatic carbocycles. The normalized spacial score (nSPS) is 21.7. The van der Waals surface area contributed by atoms with Crippen LogP contribution in [0.25, 0.3) is 11.2 Å². The van der Waals surface area contributed by atoms with Gasteiger partial charge in [-0.25, -0.2) is 23.7 Å². The van der Waals surface area contributed by atoms with Gasteiger partial charge in [-0.05, 0) is 62.2 Å². The summed E-state index contributed by atoms with van der Waals surface area (Å²) >= 11 is 0. The van der Waals surface area contributed by atoms with E-state index in [1.165, 1.54) is 19.0 Å². The summed E-state index contributed by atoms with van der Waals surface area (Å²) in [5.41, 5.74) is 4.49. The molecule has 3 aromatic rings. The van der Waals surface area contributed by atoms with Crippen LogP contribution in [0.15, 0.2) is 36.8 Å². The lowest BCUT2D eigenvalue weighted by Gasteiger charge is -2.29. The number of aromatic nitrogens is 4. The average molecular weight is 495 g/mol. The second-order valence-corrected chi connectivity index (χ2v) is 9.76. The first-order valence-electron chi connectivity index (χ1n) is 12.3. The maximum absolute atomic E-state index is 12.6. The fraction of sp³-hybridized carbons (Fsp3) is 0.440. The van der Waals surface area contributed by atoms with Crippen molar-refractivity contribution in [3.63, 3.8) is 0 Å². The Morgan fingerprint density at radius 1 is 1.22 bits per heavy atom. The quantitative estimate of drug-likeness (QED) is 0.433. The predicted molar refractivity (Wildman–Crippen MR) is 131 cm³/mol. The van der Waals surface area contributed by atoms with Gasteiger partial charge in [0.25, 0.3) is 12.3 Å². The molecule has 3 N–H and O–H groups in total. The maximum Gasteiger partial charge on any atom is 0.270 e. The number of hydrogen-bond donors (Lipinski definition) is 3. The molecule has 2 aliphatic heterocycles. The topological polar surface area (TPSA) is 109 Å². The molecule has 5 heterocycles. The van der Waals surface area contributed by atoms with Gasteiger partial charge in [0.15, 0.2) is 0 Å². The van der Waals surface area contributed by atoms with Crippen molar-refractivity contribution >= 4 is 23.1 Å². The highest BCUT2D eigenvalue weighted by Gasteiger charge is 2.43. The number of pyridine rings is 1. The Balaban J connectivity index is 1.24. The van der Waals surface area contributed by atoms with Crippen LogP contribution in [-0.2, 0) is 0 Å². The molecule has 0 saturated carbocycles. The van der Waals surface area contributed by atoms with Gasteiger partial charge in [-0.1, -0.05) is 6.08 Å². The van der Waals surface area contributed by atoms with Crippen molar-refractivity contribution in [2.24, 2.45) is 5.92 Å².